The van der Waals surface area contributed by atoms with Crippen LogP contribution in [0.4, 0.5) is 0 Å². The second-order valence-electron chi connectivity index (χ2n) is 7.04. The van der Waals surface area contributed by atoms with E-state index in [2.05, 4.69) is 65.1 Å². The summed E-state index contributed by atoms with van der Waals surface area (Å²) >= 11 is 1.86. The van der Waals surface area contributed by atoms with Crippen LogP contribution in [-0.4, -0.2) is 17.6 Å². The Bertz CT molecular complexity index is 857. The smallest absolute Gasteiger partial charge is 0.0458 e. The van der Waals surface area contributed by atoms with E-state index in [1.165, 1.54) is 64.7 Å². The average molecular weight is 351 g/mol. The number of aromatic amines is 1. The molecular formula is C22H26N2S. The van der Waals surface area contributed by atoms with Crippen LogP contribution in [0.25, 0.3) is 16.5 Å². The topological polar surface area (TPSA) is 27.8 Å². The molecule has 3 aromatic rings. The Labute approximate surface area is 154 Å². The number of nitrogens with one attached hydrogen (secondary N) is 2. The van der Waals surface area contributed by atoms with Crippen LogP contribution < -0.4 is 5.32 Å². The summed E-state index contributed by atoms with van der Waals surface area (Å²) in [6.07, 6.45) is 8.53. The van der Waals surface area contributed by atoms with E-state index < -0.39 is 0 Å². The van der Waals surface area contributed by atoms with Crippen LogP contribution in [0.2, 0.25) is 0 Å². The molecule has 1 aliphatic rings. The van der Waals surface area contributed by atoms with Gasteiger partial charge in [-0.2, -0.15) is 0 Å². The van der Waals surface area contributed by atoms with Crippen molar-refractivity contribution in [3.05, 3.63) is 64.0 Å². The largest absolute Gasteiger partial charge is 0.358 e. The standard InChI is InChI=1S/C22H26N2S/c1-16-19(20-9-4-5-10-21(20)24-16)8-3-2-7-18-15-17(12-13-23-18)22-11-6-14-25-22/h4-6,9-12,14,18,23-24H,2-3,7-8,13,15H2,1H3. The van der Waals surface area contributed by atoms with Gasteiger partial charge < -0.3 is 10.3 Å². The third-order valence-electron chi connectivity index (χ3n) is 5.32. The van der Waals surface area contributed by atoms with Gasteiger partial charge in [-0.1, -0.05) is 36.8 Å². The third kappa shape index (κ3) is 3.73. The lowest BCUT2D eigenvalue weighted by Gasteiger charge is -2.24. The number of thiophene rings is 1. The maximum absolute atomic E-state index is 3.67. The van der Waals surface area contributed by atoms with E-state index in [0.29, 0.717) is 6.04 Å². The van der Waals surface area contributed by atoms with Crippen LogP contribution in [0.5, 0.6) is 0 Å². The number of rotatable bonds is 6. The van der Waals surface area contributed by atoms with E-state index in [1.807, 2.05) is 11.3 Å². The number of hydrogen-bond donors (Lipinski definition) is 2. The summed E-state index contributed by atoms with van der Waals surface area (Å²) in [5.41, 5.74) is 5.65. The van der Waals surface area contributed by atoms with E-state index in [0.717, 1.165) is 6.54 Å². The summed E-state index contributed by atoms with van der Waals surface area (Å²) in [7, 11) is 0. The van der Waals surface area contributed by atoms with Gasteiger partial charge in [-0.15, -0.1) is 11.3 Å². The van der Waals surface area contributed by atoms with Gasteiger partial charge in [-0.25, -0.2) is 0 Å². The van der Waals surface area contributed by atoms with Crippen LogP contribution in [-0.2, 0) is 6.42 Å². The minimum atomic E-state index is 0.631. The molecule has 1 atom stereocenters. The minimum absolute atomic E-state index is 0.631. The maximum Gasteiger partial charge on any atom is 0.0458 e. The Balaban J connectivity index is 1.30. The summed E-state index contributed by atoms with van der Waals surface area (Å²) in [5.74, 6) is 0. The molecule has 0 saturated carbocycles. The van der Waals surface area contributed by atoms with E-state index in [4.69, 9.17) is 0 Å². The SMILES string of the molecule is Cc1[nH]c2ccccc2c1CCCCC1CC(c2cccs2)=CCN1. The van der Waals surface area contributed by atoms with Gasteiger partial charge in [-0.3, -0.25) is 0 Å². The number of unbranched alkanes of at least 4 members (excludes halogenated alkanes) is 1. The fraction of sp³-hybridized carbons (Fsp3) is 0.364. The second kappa shape index (κ2) is 7.59. The molecule has 0 fully saturated rings. The number of benzene rings is 1. The normalized spacial score (nSPS) is 17.8. The molecule has 0 aliphatic carbocycles. The number of H-pyrrole nitrogens is 1. The second-order valence-corrected chi connectivity index (χ2v) is 7.98. The molecule has 3 heterocycles. The number of para-hydroxylation sites is 1. The van der Waals surface area contributed by atoms with Crippen molar-refractivity contribution in [2.45, 2.75) is 45.1 Å². The fourth-order valence-corrected chi connectivity index (χ4v) is 4.76. The van der Waals surface area contributed by atoms with Gasteiger partial charge in [-0.05, 0) is 61.3 Å². The fourth-order valence-electron chi connectivity index (χ4n) is 3.99. The zero-order chi connectivity index (χ0) is 17.1. The van der Waals surface area contributed by atoms with E-state index in [-0.39, 0.29) is 0 Å². The van der Waals surface area contributed by atoms with Crippen molar-refractivity contribution in [3.8, 4) is 0 Å². The van der Waals surface area contributed by atoms with Gasteiger partial charge >= 0.3 is 0 Å². The summed E-state index contributed by atoms with van der Waals surface area (Å²) < 4.78 is 0. The molecule has 0 saturated heterocycles. The number of aryl methyl sites for hydroxylation is 2. The molecule has 4 rings (SSSR count). The van der Waals surface area contributed by atoms with Gasteiger partial charge in [0.2, 0.25) is 0 Å². The minimum Gasteiger partial charge on any atom is -0.358 e. The quantitative estimate of drug-likeness (QED) is 0.549. The van der Waals surface area contributed by atoms with E-state index in [9.17, 15) is 0 Å². The Hall–Kier alpha value is -1.84. The van der Waals surface area contributed by atoms with Crippen molar-refractivity contribution >= 4 is 27.8 Å². The van der Waals surface area contributed by atoms with Crippen molar-refractivity contribution in [3.63, 3.8) is 0 Å². The summed E-state index contributed by atoms with van der Waals surface area (Å²) in [4.78, 5) is 4.97. The van der Waals surface area contributed by atoms with Gasteiger partial charge in [0.25, 0.3) is 0 Å². The molecule has 1 aromatic carbocycles. The highest BCUT2D eigenvalue weighted by atomic mass is 32.1. The first-order valence-corrected chi connectivity index (χ1v) is 10.2. The monoisotopic (exact) mass is 350 g/mol. The highest BCUT2D eigenvalue weighted by molar-refractivity contribution is 7.11. The molecule has 0 spiro atoms. The summed E-state index contributed by atoms with van der Waals surface area (Å²) in [6, 6.07) is 13.7. The lowest BCUT2D eigenvalue weighted by atomic mass is 9.95. The highest BCUT2D eigenvalue weighted by Gasteiger charge is 2.16. The van der Waals surface area contributed by atoms with Crippen LogP contribution in [0, 0.1) is 6.92 Å². The molecule has 2 nitrogen and oxygen atoms in total. The third-order valence-corrected chi connectivity index (χ3v) is 6.26. The van der Waals surface area contributed by atoms with Crippen LogP contribution in [0.15, 0.2) is 47.9 Å². The zero-order valence-electron chi connectivity index (χ0n) is 14.8. The molecule has 2 aromatic heterocycles. The molecule has 2 N–H and O–H groups in total. The molecule has 25 heavy (non-hydrogen) atoms. The van der Waals surface area contributed by atoms with Crippen molar-refractivity contribution in [1.29, 1.82) is 0 Å². The van der Waals surface area contributed by atoms with Crippen LogP contribution in [0.3, 0.4) is 0 Å². The predicted molar refractivity (Wildman–Crippen MR) is 109 cm³/mol. The van der Waals surface area contributed by atoms with Crippen LogP contribution in [0.1, 0.15) is 41.8 Å². The lowest BCUT2D eigenvalue weighted by Crippen LogP contribution is -2.32. The van der Waals surface area contributed by atoms with Crippen molar-refractivity contribution in [2.24, 2.45) is 0 Å². The zero-order valence-corrected chi connectivity index (χ0v) is 15.7. The highest BCUT2D eigenvalue weighted by Crippen LogP contribution is 2.28. The number of fused-ring (bicyclic) bond motifs is 1. The first kappa shape index (κ1) is 16.6. The molecule has 0 bridgehead atoms. The maximum atomic E-state index is 3.67. The van der Waals surface area contributed by atoms with Gasteiger partial charge in [0.1, 0.15) is 0 Å². The molecule has 0 radical (unpaired) electrons. The molecular weight excluding hydrogens is 324 g/mol. The van der Waals surface area contributed by atoms with Gasteiger partial charge in [0.05, 0.1) is 0 Å². The molecule has 0 amide bonds. The molecule has 1 aliphatic heterocycles. The average Bonchev–Trinajstić information content (AvgIpc) is 3.27. The van der Waals surface area contributed by atoms with E-state index in [1.54, 1.807) is 0 Å². The van der Waals surface area contributed by atoms with Crippen molar-refractivity contribution < 1.29 is 0 Å². The molecule has 130 valence electrons. The summed E-state index contributed by atoms with van der Waals surface area (Å²) in [6.45, 7) is 3.22. The van der Waals surface area contributed by atoms with Crippen LogP contribution >= 0.6 is 11.3 Å². The Morgan fingerprint density at radius 1 is 1.12 bits per heavy atom. The number of hydrogen-bond acceptors (Lipinski definition) is 2. The van der Waals surface area contributed by atoms with Gasteiger partial charge in [0, 0.05) is 34.1 Å². The van der Waals surface area contributed by atoms with Crippen molar-refractivity contribution in [2.75, 3.05) is 6.54 Å². The predicted octanol–water partition coefficient (Wildman–Crippen LogP) is 5.70. The Kier molecular flexibility index (Phi) is 5.04. The Morgan fingerprint density at radius 2 is 2.04 bits per heavy atom. The number of aromatic nitrogens is 1. The molecule has 3 heteroatoms. The summed E-state index contributed by atoms with van der Waals surface area (Å²) in [5, 5.41) is 7.25. The molecule has 1 unspecified atom stereocenters. The van der Waals surface area contributed by atoms with E-state index >= 15 is 0 Å². The lowest BCUT2D eigenvalue weighted by molar-refractivity contribution is 0.477. The Morgan fingerprint density at radius 3 is 2.92 bits per heavy atom. The van der Waals surface area contributed by atoms with Gasteiger partial charge in [0.15, 0.2) is 0 Å². The first-order valence-electron chi connectivity index (χ1n) is 9.34. The van der Waals surface area contributed by atoms with Crippen molar-refractivity contribution in [1.82, 2.24) is 10.3 Å². The first-order chi connectivity index (χ1) is 12.3.